The van der Waals surface area contributed by atoms with Crippen molar-refractivity contribution >= 4 is 33.4 Å². The Morgan fingerprint density at radius 2 is 1.91 bits per heavy atom. The molecule has 0 aliphatic carbocycles. The molecule has 2 aromatic rings. The van der Waals surface area contributed by atoms with Gasteiger partial charge >= 0.3 is 0 Å². The van der Waals surface area contributed by atoms with E-state index in [9.17, 15) is 4.79 Å². The van der Waals surface area contributed by atoms with Gasteiger partial charge in [0.05, 0.1) is 30.8 Å². The van der Waals surface area contributed by atoms with Gasteiger partial charge in [-0.25, -0.2) is 0 Å². The van der Waals surface area contributed by atoms with Crippen LogP contribution < -0.4 is 14.8 Å². The molecule has 122 valence electrons. The highest BCUT2D eigenvalue weighted by atomic mass is 79.9. The van der Waals surface area contributed by atoms with Gasteiger partial charge in [0.1, 0.15) is 11.5 Å². The molecule has 0 spiro atoms. The zero-order valence-corrected chi connectivity index (χ0v) is 15.4. The third kappa shape index (κ3) is 4.18. The first-order valence-corrected chi connectivity index (χ1v) is 8.11. The van der Waals surface area contributed by atoms with Crippen LogP contribution in [0.15, 0.2) is 40.9 Å². The summed E-state index contributed by atoms with van der Waals surface area (Å²) >= 11 is 9.44. The Kier molecular flexibility index (Phi) is 5.91. The third-order valence-electron chi connectivity index (χ3n) is 3.43. The molecule has 0 saturated heterocycles. The number of hydrogen-bond acceptors (Lipinski definition) is 3. The number of carbonyl (C=O) groups is 1. The number of ether oxygens (including phenoxy) is 2. The fourth-order valence-electron chi connectivity index (χ4n) is 2.20. The predicted molar refractivity (Wildman–Crippen MR) is 94.6 cm³/mol. The summed E-state index contributed by atoms with van der Waals surface area (Å²) < 4.78 is 11.3. The normalized spacial score (nSPS) is 11.7. The summed E-state index contributed by atoms with van der Waals surface area (Å²) in [6, 6.07) is 10.4. The predicted octanol–water partition coefficient (Wildman–Crippen LogP) is 4.61. The van der Waals surface area contributed by atoms with Gasteiger partial charge in [0, 0.05) is 16.1 Å². The lowest BCUT2D eigenvalue weighted by Crippen LogP contribution is -2.27. The number of halogens is 2. The molecule has 0 fully saturated rings. The first-order chi connectivity index (χ1) is 11.0. The van der Waals surface area contributed by atoms with Crippen LogP contribution in [-0.2, 0) is 0 Å². The Morgan fingerprint density at radius 3 is 2.57 bits per heavy atom. The van der Waals surface area contributed by atoms with Crippen LogP contribution in [0.25, 0.3) is 0 Å². The second kappa shape index (κ2) is 7.70. The van der Waals surface area contributed by atoms with E-state index in [1.165, 1.54) is 0 Å². The number of benzene rings is 2. The van der Waals surface area contributed by atoms with E-state index < -0.39 is 0 Å². The first kappa shape index (κ1) is 17.6. The largest absolute Gasteiger partial charge is 0.497 e. The summed E-state index contributed by atoms with van der Waals surface area (Å²) in [5, 5.41) is 3.33. The van der Waals surface area contributed by atoms with Crippen molar-refractivity contribution in [3.05, 3.63) is 57.0 Å². The van der Waals surface area contributed by atoms with Gasteiger partial charge in [0.2, 0.25) is 0 Å². The van der Waals surface area contributed by atoms with Crippen LogP contribution in [0.2, 0.25) is 5.02 Å². The molecule has 0 aliphatic heterocycles. The van der Waals surface area contributed by atoms with Crippen molar-refractivity contribution in [2.45, 2.75) is 13.0 Å². The molecule has 1 unspecified atom stereocenters. The van der Waals surface area contributed by atoms with Gasteiger partial charge in [0.15, 0.2) is 0 Å². The van der Waals surface area contributed by atoms with E-state index in [0.29, 0.717) is 22.1 Å². The molecular weight excluding hydrogens is 382 g/mol. The second-order valence-electron chi connectivity index (χ2n) is 4.93. The molecule has 2 rings (SSSR count). The molecule has 6 heteroatoms. The standard InChI is InChI=1S/C17H17BrClNO3/c1-10(13-6-5-12(22-2)9-16(13)23-3)20-17(21)14-8-11(18)4-7-15(14)19/h4-10H,1-3H3,(H,20,21). The van der Waals surface area contributed by atoms with E-state index in [-0.39, 0.29) is 11.9 Å². The molecule has 0 saturated carbocycles. The van der Waals surface area contributed by atoms with Crippen LogP contribution in [-0.4, -0.2) is 20.1 Å². The first-order valence-electron chi connectivity index (χ1n) is 6.94. The minimum absolute atomic E-state index is 0.248. The Morgan fingerprint density at radius 1 is 1.17 bits per heavy atom. The Labute approximate surface area is 148 Å². The topological polar surface area (TPSA) is 47.6 Å². The summed E-state index contributed by atoms with van der Waals surface area (Å²) in [6.45, 7) is 1.88. The number of methoxy groups -OCH3 is 2. The third-order valence-corrected chi connectivity index (χ3v) is 4.25. The SMILES string of the molecule is COc1ccc(C(C)NC(=O)c2cc(Br)ccc2Cl)c(OC)c1. The van der Waals surface area contributed by atoms with Gasteiger partial charge in [-0.3, -0.25) is 4.79 Å². The monoisotopic (exact) mass is 397 g/mol. The summed E-state index contributed by atoms with van der Waals surface area (Å²) in [7, 11) is 3.17. The molecule has 0 aromatic heterocycles. The number of rotatable bonds is 5. The molecule has 0 heterocycles. The Balaban J connectivity index is 2.23. The number of amides is 1. The number of carbonyl (C=O) groups excluding carboxylic acids is 1. The smallest absolute Gasteiger partial charge is 0.253 e. The summed E-state index contributed by atoms with van der Waals surface area (Å²) in [5.74, 6) is 1.10. The minimum Gasteiger partial charge on any atom is -0.497 e. The van der Waals surface area contributed by atoms with Crippen LogP contribution in [0.1, 0.15) is 28.9 Å². The zero-order chi connectivity index (χ0) is 17.0. The molecule has 1 amide bonds. The van der Waals surface area contributed by atoms with Crippen molar-refractivity contribution < 1.29 is 14.3 Å². The molecule has 1 N–H and O–H groups in total. The molecule has 0 radical (unpaired) electrons. The molecule has 2 aromatic carbocycles. The van der Waals surface area contributed by atoms with Gasteiger partial charge in [0.25, 0.3) is 5.91 Å². The quantitative estimate of drug-likeness (QED) is 0.800. The maximum atomic E-state index is 12.4. The molecule has 4 nitrogen and oxygen atoms in total. The fraction of sp³-hybridized carbons (Fsp3) is 0.235. The maximum absolute atomic E-state index is 12.4. The summed E-state index contributed by atoms with van der Waals surface area (Å²) in [6.07, 6.45) is 0. The summed E-state index contributed by atoms with van der Waals surface area (Å²) in [4.78, 5) is 12.4. The molecule has 0 aliphatic rings. The van der Waals surface area contributed by atoms with Gasteiger partial charge in [-0.05, 0) is 37.3 Å². The van der Waals surface area contributed by atoms with Gasteiger partial charge in [-0.2, -0.15) is 0 Å². The molecule has 0 bridgehead atoms. The number of nitrogens with one attached hydrogen (secondary N) is 1. The lowest BCUT2D eigenvalue weighted by Gasteiger charge is -2.18. The Hall–Kier alpha value is -1.72. The highest BCUT2D eigenvalue weighted by Gasteiger charge is 2.17. The number of hydrogen-bond donors (Lipinski definition) is 1. The van der Waals surface area contributed by atoms with Crippen LogP contribution in [0.3, 0.4) is 0 Å². The average molecular weight is 399 g/mol. The van der Waals surface area contributed by atoms with Crippen LogP contribution in [0.5, 0.6) is 11.5 Å². The lowest BCUT2D eigenvalue weighted by atomic mass is 10.1. The van der Waals surface area contributed by atoms with E-state index >= 15 is 0 Å². The molecular formula is C17H17BrClNO3. The van der Waals surface area contributed by atoms with Crippen molar-refractivity contribution in [1.29, 1.82) is 0 Å². The van der Waals surface area contributed by atoms with E-state index in [1.807, 2.05) is 19.1 Å². The van der Waals surface area contributed by atoms with E-state index in [0.717, 1.165) is 10.0 Å². The minimum atomic E-state index is -0.251. The van der Waals surface area contributed by atoms with Crippen molar-refractivity contribution in [3.8, 4) is 11.5 Å². The lowest BCUT2D eigenvalue weighted by molar-refractivity contribution is 0.0939. The summed E-state index contributed by atoms with van der Waals surface area (Å²) in [5.41, 5.74) is 1.27. The van der Waals surface area contributed by atoms with Crippen LogP contribution in [0, 0.1) is 0 Å². The van der Waals surface area contributed by atoms with Crippen molar-refractivity contribution in [3.63, 3.8) is 0 Å². The van der Waals surface area contributed by atoms with Crippen molar-refractivity contribution in [2.75, 3.05) is 14.2 Å². The van der Waals surface area contributed by atoms with Crippen LogP contribution >= 0.6 is 27.5 Å². The average Bonchev–Trinajstić information content (AvgIpc) is 2.56. The Bertz CT molecular complexity index is 721. The molecule has 1 atom stereocenters. The van der Waals surface area contributed by atoms with Crippen LogP contribution in [0.4, 0.5) is 0 Å². The van der Waals surface area contributed by atoms with Crippen molar-refractivity contribution in [1.82, 2.24) is 5.32 Å². The highest BCUT2D eigenvalue weighted by Crippen LogP contribution is 2.30. The second-order valence-corrected chi connectivity index (χ2v) is 6.25. The van der Waals surface area contributed by atoms with E-state index in [4.69, 9.17) is 21.1 Å². The fourth-order valence-corrected chi connectivity index (χ4v) is 2.76. The van der Waals surface area contributed by atoms with E-state index in [1.54, 1.807) is 38.5 Å². The molecule has 23 heavy (non-hydrogen) atoms. The van der Waals surface area contributed by atoms with Gasteiger partial charge in [-0.15, -0.1) is 0 Å². The highest BCUT2D eigenvalue weighted by molar-refractivity contribution is 9.10. The zero-order valence-electron chi connectivity index (χ0n) is 13.0. The maximum Gasteiger partial charge on any atom is 0.253 e. The van der Waals surface area contributed by atoms with Gasteiger partial charge < -0.3 is 14.8 Å². The van der Waals surface area contributed by atoms with Gasteiger partial charge in [-0.1, -0.05) is 27.5 Å². The van der Waals surface area contributed by atoms with Crippen molar-refractivity contribution in [2.24, 2.45) is 0 Å². The van der Waals surface area contributed by atoms with E-state index in [2.05, 4.69) is 21.2 Å².